The van der Waals surface area contributed by atoms with E-state index in [0.29, 0.717) is 0 Å². The van der Waals surface area contributed by atoms with Gasteiger partial charge in [-0.15, -0.1) is 0 Å². The van der Waals surface area contributed by atoms with Crippen molar-refractivity contribution in [3.63, 3.8) is 0 Å². The van der Waals surface area contributed by atoms with E-state index >= 15 is 0 Å². The van der Waals surface area contributed by atoms with Crippen molar-refractivity contribution in [2.45, 2.75) is 6.42 Å². The fraction of sp³-hybridized carbons (Fsp3) is 0.0286. The Hall–Kier alpha value is -3.76. The Morgan fingerprint density at radius 3 is 1.26 bits per heavy atom. The SMILES string of the molecule is c1ccc(P(c2ccccc2)c2ccccc2Cc2occc2P(c2ccccc2)c2ccccc2)cc1. The lowest BCUT2D eigenvalue weighted by Gasteiger charge is -2.23. The monoisotopic (exact) mass is 526 g/mol. The fourth-order valence-electron chi connectivity index (χ4n) is 4.88. The third kappa shape index (κ3) is 5.27. The van der Waals surface area contributed by atoms with Crippen molar-refractivity contribution in [1.82, 2.24) is 0 Å². The number of hydrogen-bond donors (Lipinski definition) is 0. The van der Waals surface area contributed by atoms with Crippen molar-refractivity contribution >= 4 is 47.7 Å². The molecule has 0 radical (unpaired) electrons. The maximum atomic E-state index is 6.26. The van der Waals surface area contributed by atoms with Crippen LogP contribution in [0.2, 0.25) is 0 Å². The van der Waals surface area contributed by atoms with Crippen LogP contribution in [0.3, 0.4) is 0 Å². The minimum Gasteiger partial charge on any atom is -0.468 e. The second kappa shape index (κ2) is 11.7. The van der Waals surface area contributed by atoms with Gasteiger partial charge < -0.3 is 4.42 Å². The summed E-state index contributed by atoms with van der Waals surface area (Å²) in [5.41, 5.74) is 1.32. The smallest absolute Gasteiger partial charge is 0.116 e. The predicted octanol–water partition coefficient (Wildman–Crippen LogP) is 6.39. The fourth-order valence-corrected chi connectivity index (χ4v) is 9.74. The van der Waals surface area contributed by atoms with Crippen molar-refractivity contribution in [2.75, 3.05) is 0 Å². The van der Waals surface area contributed by atoms with Crippen molar-refractivity contribution in [3.8, 4) is 0 Å². The predicted molar refractivity (Wildman–Crippen MR) is 165 cm³/mol. The first-order chi connectivity index (χ1) is 18.9. The highest BCUT2D eigenvalue weighted by molar-refractivity contribution is 7.80. The molecule has 0 aliphatic carbocycles. The normalized spacial score (nSPS) is 11.2. The van der Waals surface area contributed by atoms with Crippen LogP contribution in [0.5, 0.6) is 0 Å². The summed E-state index contributed by atoms with van der Waals surface area (Å²) >= 11 is 0. The molecule has 0 fully saturated rings. The summed E-state index contributed by atoms with van der Waals surface area (Å²) in [6, 6.07) is 54.6. The zero-order valence-corrected chi connectivity index (χ0v) is 22.8. The number of rotatable bonds is 8. The highest BCUT2D eigenvalue weighted by Gasteiger charge is 2.24. The topological polar surface area (TPSA) is 13.1 Å². The van der Waals surface area contributed by atoms with E-state index in [-0.39, 0.29) is 0 Å². The van der Waals surface area contributed by atoms with Crippen molar-refractivity contribution in [2.24, 2.45) is 0 Å². The molecule has 0 atom stereocenters. The van der Waals surface area contributed by atoms with Gasteiger partial charge in [-0.2, -0.15) is 0 Å². The maximum absolute atomic E-state index is 6.26. The van der Waals surface area contributed by atoms with Crippen LogP contribution in [-0.2, 0) is 6.42 Å². The molecule has 1 aromatic heterocycles. The van der Waals surface area contributed by atoms with Gasteiger partial charge in [-0.05, 0) is 54.0 Å². The molecule has 38 heavy (non-hydrogen) atoms. The molecule has 0 aliphatic heterocycles. The molecule has 0 spiro atoms. The molecule has 3 heteroatoms. The summed E-state index contributed by atoms with van der Waals surface area (Å²) in [4.78, 5) is 0. The molecule has 6 aromatic rings. The van der Waals surface area contributed by atoms with Gasteiger partial charge in [0.2, 0.25) is 0 Å². The lowest BCUT2D eigenvalue weighted by atomic mass is 10.1. The molecule has 0 N–H and O–H groups in total. The standard InChI is InChI=1S/C35H28OP2/c1-5-16-29(17-6-1)37(30-18-7-2-8-19-30)34-24-14-13-15-28(34)27-33-35(25-26-36-33)38(31-20-9-3-10-21-31)32-22-11-4-12-23-32/h1-26H,27H2. The molecular formula is C35H28OP2. The molecule has 0 unspecified atom stereocenters. The Balaban J connectivity index is 1.44. The Kier molecular flexibility index (Phi) is 7.59. The maximum Gasteiger partial charge on any atom is 0.116 e. The highest BCUT2D eigenvalue weighted by Crippen LogP contribution is 2.37. The third-order valence-electron chi connectivity index (χ3n) is 6.60. The van der Waals surface area contributed by atoms with Gasteiger partial charge in [0.15, 0.2) is 0 Å². The molecule has 0 aliphatic rings. The van der Waals surface area contributed by atoms with Crippen LogP contribution >= 0.6 is 15.8 Å². The van der Waals surface area contributed by atoms with Gasteiger partial charge in [-0.3, -0.25) is 0 Å². The van der Waals surface area contributed by atoms with E-state index in [1.54, 1.807) is 0 Å². The Labute approximate surface area is 227 Å². The summed E-state index contributed by atoms with van der Waals surface area (Å²) in [7, 11) is -1.42. The lowest BCUT2D eigenvalue weighted by Crippen LogP contribution is -2.25. The number of furan rings is 1. The second-order valence-corrected chi connectivity index (χ2v) is 13.4. The minimum atomic E-state index is -0.727. The molecule has 0 saturated carbocycles. The van der Waals surface area contributed by atoms with Crippen molar-refractivity contribution in [1.29, 1.82) is 0 Å². The molecule has 0 saturated heterocycles. The summed E-state index contributed by atoms with van der Waals surface area (Å²) in [6.07, 6.45) is 2.63. The van der Waals surface area contributed by atoms with Crippen LogP contribution in [0.25, 0.3) is 0 Å². The third-order valence-corrected chi connectivity index (χ3v) is 11.7. The molecule has 6 rings (SSSR count). The zero-order chi connectivity index (χ0) is 25.6. The summed E-state index contributed by atoms with van der Waals surface area (Å²) in [6.45, 7) is 0. The largest absolute Gasteiger partial charge is 0.468 e. The van der Waals surface area contributed by atoms with E-state index in [2.05, 4.69) is 152 Å². The van der Waals surface area contributed by atoms with E-state index in [4.69, 9.17) is 4.42 Å². The minimum absolute atomic E-state index is 0.698. The second-order valence-electron chi connectivity index (χ2n) is 9.05. The van der Waals surface area contributed by atoms with E-state index in [1.165, 1.54) is 37.4 Å². The van der Waals surface area contributed by atoms with Gasteiger partial charge in [-0.25, -0.2) is 0 Å². The van der Waals surface area contributed by atoms with Crippen LogP contribution in [0.4, 0.5) is 0 Å². The lowest BCUT2D eigenvalue weighted by molar-refractivity contribution is 0.524. The molecule has 0 bridgehead atoms. The van der Waals surface area contributed by atoms with Gasteiger partial charge in [0.05, 0.1) is 6.26 Å². The quantitative estimate of drug-likeness (QED) is 0.210. The first-order valence-corrected chi connectivity index (χ1v) is 15.5. The van der Waals surface area contributed by atoms with Crippen LogP contribution in [-0.4, -0.2) is 0 Å². The van der Waals surface area contributed by atoms with Gasteiger partial charge in [0, 0.05) is 11.7 Å². The molecule has 1 heterocycles. The Bertz CT molecular complexity index is 1500. The van der Waals surface area contributed by atoms with Gasteiger partial charge in [0.1, 0.15) is 5.76 Å². The summed E-state index contributed by atoms with van der Waals surface area (Å²) < 4.78 is 6.26. The van der Waals surface area contributed by atoms with E-state index in [1.807, 2.05) is 6.26 Å². The average Bonchev–Trinajstić information content (AvgIpc) is 3.44. The molecule has 5 aromatic carbocycles. The van der Waals surface area contributed by atoms with Gasteiger partial charge >= 0.3 is 0 Å². The molecule has 0 amide bonds. The molecule has 184 valence electrons. The molecular weight excluding hydrogens is 498 g/mol. The van der Waals surface area contributed by atoms with Gasteiger partial charge in [0.25, 0.3) is 0 Å². The van der Waals surface area contributed by atoms with Crippen LogP contribution in [0.15, 0.2) is 162 Å². The first kappa shape index (κ1) is 24.6. The van der Waals surface area contributed by atoms with Gasteiger partial charge in [-0.1, -0.05) is 146 Å². The van der Waals surface area contributed by atoms with Crippen molar-refractivity contribution in [3.05, 3.63) is 169 Å². The summed E-state index contributed by atoms with van der Waals surface area (Å²) in [5, 5.41) is 8.05. The average molecular weight is 527 g/mol. The number of hydrogen-bond acceptors (Lipinski definition) is 1. The number of benzene rings is 5. The Morgan fingerprint density at radius 1 is 0.395 bits per heavy atom. The summed E-state index contributed by atoms with van der Waals surface area (Å²) in [5.74, 6) is 1.05. The zero-order valence-electron chi connectivity index (χ0n) is 21.0. The first-order valence-electron chi connectivity index (χ1n) is 12.8. The van der Waals surface area contributed by atoms with E-state index < -0.39 is 15.8 Å². The van der Waals surface area contributed by atoms with Crippen LogP contribution in [0.1, 0.15) is 11.3 Å². The van der Waals surface area contributed by atoms with Crippen LogP contribution < -0.4 is 31.8 Å². The van der Waals surface area contributed by atoms with Crippen LogP contribution in [0, 0.1) is 0 Å². The van der Waals surface area contributed by atoms with E-state index in [9.17, 15) is 0 Å². The Morgan fingerprint density at radius 2 is 0.789 bits per heavy atom. The van der Waals surface area contributed by atoms with E-state index in [0.717, 1.165) is 12.2 Å². The van der Waals surface area contributed by atoms with Crippen molar-refractivity contribution < 1.29 is 4.42 Å². The highest BCUT2D eigenvalue weighted by atomic mass is 31.1. The molecule has 1 nitrogen and oxygen atoms in total.